The zero-order valence-corrected chi connectivity index (χ0v) is 19.5. The molecule has 170 valence electrons. The van der Waals surface area contributed by atoms with Gasteiger partial charge in [0.1, 0.15) is 5.82 Å². The first-order valence-corrected chi connectivity index (χ1v) is 13.2. The number of benzene rings is 2. The summed E-state index contributed by atoms with van der Waals surface area (Å²) in [6, 6.07) is 10.7. The minimum Gasteiger partial charge on any atom is -0.233 e. The molecule has 0 N–H and O–H groups in total. The van der Waals surface area contributed by atoms with Crippen molar-refractivity contribution in [1.29, 1.82) is 0 Å². The molecular weight excluding hydrogens is 437 g/mol. The molecule has 2 aliphatic carbocycles. The first-order chi connectivity index (χ1) is 15.8. The molecular formula is C26H26FN3O2S. The van der Waals surface area contributed by atoms with Gasteiger partial charge in [0.05, 0.1) is 23.7 Å². The standard InChI is InChI=1S/C26H26FN3O2S/c1-17-12-24-19(14-28-30(24)21-10-8-20(27)9-11-21)13-22(17)26-16-29(33(2,31)32)15-23(26)25(26)18-6-4-3-5-7-18/h3-6,8-14,18,23,25H,7,15-16H2,1-2H3/t18?,23-,25-,26+/m1/s1. The number of sulfonamides is 1. The maximum Gasteiger partial charge on any atom is 0.211 e. The van der Waals surface area contributed by atoms with Crippen LogP contribution in [-0.4, -0.2) is 41.8 Å². The van der Waals surface area contributed by atoms with E-state index >= 15 is 0 Å². The molecule has 1 saturated heterocycles. The average molecular weight is 464 g/mol. The molecule has 6 rings (SSSR count). The lowest BCUT2D eigenvalue weighted by Gasteiger charge is -2.27. The molecule has 33 heavy (non-hydrogen) atoms. The second kappa shape index (κ2) is 7.11. The summed E-state index contributed by atoms with van der Waals surface area (Å²) in [6.45, 7) is 3.23. The van der Waals surface area contributed by atoms with E-state index in [4.69, 9.17) is 0 Å². The van der Waals surface area contributed by atoms with Crippen LogP contribution in [0.5, 0.6) is 0 Å². The van der Waals surface area contributed by atoms with Gasteiger partial charge in [-0.3, -0.25) is 0 Å². The van der Waals surface area contributed by atoms with Gasteiger partial charge < -0.3 is 0 Å². The summed E-state index contributed by atoms with van der Waals surface area (Å²) in [6.07, 6.45) is 12.9. The number of hydrogen-bond donors (Lipinski definition) is 0. The van der Waals surface area contributed by atoms with Gasteiger partial charge in [-0.25, -0.2) is 21.8 Å². The van der Waals surface area contributed by atoms with Gasteiger partial charge >= 0.3 is 0 Å². The van der Waals surface area contributed by atoms with Crippen LogP contribution in [0.2, 0.25) is 0 Å². The summed E-state index contributed by atoms with van der Waals surface area (Å²) < 4.78 is 41.7. The van der Waals surface area contributed by atoms with Crippen molar-refractivity contribution in [2.75, 3.05) is 19.3 Å². The van der Waals surface area contributed by atoms with E-state index in [1.54, 1.807) is 16.4 Å². The lowest BCUT2D eigenvalue weighted by molar-refractivity contribution is 0.363. The van der Waals surface area contributed by atoms with Crippen molar-refractivity contribution in [3.63, 3.8) is 0 Å². The van der Waals surface area contributed by atoms with Crippen LogP contribution in [0.25, 0.3) is 16.6 Å². The summed E-state index contributed by atoms with van der Waals surface area (Å²) in [7, 11) is -3.24. The number of halogens is 1. The third-order valence-electron chi connectivity index (χ3n) is 7.85. The molecule has 2 aromatic carbocycles. The molecule has 1 aliphatic heterocycles. The molecule has 4 atom stereocenters. The molecule has 2 heterocycles. The third kappa shape index (κ3) is 3.13. The lowest BCUT2D eigenvalue weighted by Crippen LogP contribution is -2.35. The topological polar surface area (TPSA) is 55.2 Å². The fraction of sp³-hybridized carbons (Fsp3) is 0.346. The molecule has 0 spiro atoms. The predicted octanol–water partition coefficient (Wildman–Crippen LogP) is 4.36. The number of piperidine rings is 1. The SMILES string of the molecule is Cc1cc2c(cnn2-c2ccc(F)cc2)cc1[C@@]12CN(S(C)(=O)=O)C[C@@H]1[C@H]2C1C=CC=CC1. The molecule has 1 aromatic heterocycles. The molecule has 0 bridgehead atoms. The zero-order chi connectivity index (χ0) is 23.0. The van der Waals surface area contributed by atoms with Gasteiger partial charge in [0.2, 0.25) is 10.0 Å². The molecule has 0 radical (unpaired) electrons. The Morgan fingerprint density at radius 3 is 2.64 bits per heavy atom. The lowest BCUT2D eigenvalue weighted by atomic mass is 9.83. The van der Waals surface area contributed by atoms with Crippen LogP contribution in [0.4, 0.5) is 4.39 Å². The minimum atomic E-state index is -3.24. The molecule has 5 nitrogen and oxygen atoms in total. The number of hydrogen-bond acceptors (Lipinski definition) is 3. The Labute approximate surface area is 193 Å². The first-order valence-electron chi connectivity index (χ1n) is 11.3. The third-order valence-corrected chi connectivity index (χ3v) is 9.07. The zero-order valence-electron chi connectivity index (χ0n) is 18.6. The number of aromatic nitrogens is 2. The quantitative estimate of drug-likeness (QED) is 0.578. The Kier molecular flexibility index (Phi) is 4.48. The number of allylic oxidation sites excluding steroid dienone is 4. The van der Waals surface area contributed by atoms with Gasteiger partial charge in [-0.05, 0) is 78.6 Å². The van der Waals surface area contributed by atoms with E-state index in [-0.39, 0.29) is 11.2 Å². The van der Waals surface area contributed by atoms with E-state index in [0.717, 1.165) is 28.6 Å². The van der Waals surface area contributed by atoms with E-state index in [0.29, 0.717) is 30.8 Å². The molecule has 3 aliphatic rings. The highest BCUT2D eigenvalue weighted by Crippen LogP contribution is 2.68. The fourth-order valence-electron chi connectivity index (χ4n) is 6.36. The van der Waals surface area contributed by atoms with E-state index in [9.17, 15) is 12.8 Å². The Hall–Kier alpha value is -2.77. The Morgan fingerprint density at radius 2 is 1.94 bits per heavy atom. The van der Waals surface area contributed by atoms with E-state index < -0.39 is 10.0 Å². The fourth-order valence-corrected chi connectivity index (χ4v) is 7.24. The number of rotatable bonds is 4. The summed E-state index contributed by atoms with van der Waals surface area (Å²) >= 11 is 0. The van der Waals surface area contributed by atoms with Crippen molar-refractivity contribution < 1.29 is 12.8 Å². The molecule has 1 unspecified atom stereocenters. The summed E-state index contributed by atoms with van der Waals surface area (Å²) in [5.74, 6) is 0.900. The largest absolute Gasteiger partial charge is 0.233 e. The molecule has 2 fully saturated rings. The smallest absolute Gasteiger partial charge is 0.211 e. The van der Waals surface area contributed by atoms with Gasteiger partial charge in [0.25, 0.3) is 0 Å². The second-order valence-electron chi connectivity index (χ2n) is 9.70. The predicted molar refractivity (Wildman–Crippen MR) is 127 cm³/mol. The Morgan fingerprint density at radius 1 is 1.15 bits per heavy atom. The van der Waals surface area contributed by atoms with Crippen LogP contribution in [0.3, 0.4) is 0 Å². The van der Waals surface area contributed by atoms with Crippen molar-refractivity contribution in [1.82, 2.24) is 14.1 Å². The highest BCUT2D eigenvalue weighted by Gasteiger charge is 2.72. The second-order valence-corrected chi connectivity index (χ2v) is 11.7. The number of fused-ring (bicyclic) bond motifs is 2. The number of nitrogens with zero attached hydrogens (tertiary/aromatic N) is 3. The van der Waals surface area contributed by atoms with Crippen LogP contribution in [0.1, 0.15) is 17.5 Å². The van der Waals surface area contributed by atoms with Crippen molar-refractivity contribution in [3.05, 3.63) is 83.8 Å². The van der Waals surface area contributed by atoms with Gasteiger partial charge in [0, 0.05) is 23.9 Å². The van der Waals surface area contributed by atoms with Gasteiger partial charge in [-0.15, -0.1) is 0 Å². The summed E-state index contributed by atoms with van der Waals surface area (Å²) in [5.41, 5.74) is 3.98. The normalized spacial score (nSPS) is 29.0. The van der Waals surface area contributed by atoms with Crippen LogP contribution in [-0.2, 0) is 15.4 Å². The Balaban J connectivity index is 1.45. The summed E-state index contributed by atoms with van der Waals surface area (Å²) in [5, 5.41) is 5.58. The van der Waals surface area contributed by atoms with Crippen molar-refractivity contribution in [3.8, 4) is 5.69 Å². The molecule has 1 saturated carbocycles. The van der Waals surface area contributed by atoms with Crippen LogP contribution < -0.4 is 0 Å². The molecule has 3 aromatic rings. The van der Waals surface area contributed by atoms with Gasteiger partial charge in [-0.1, -0.05) is 24.3 Å². The van der Waals surface area contributed by atoms with E-state index in [1.807, 2.05) is 10.9 Å². The minimum absolute atomic E-state index is 0.167. The van der Waals surface area contributed by atoms with Crippen molar-refractivity contribution >= 4 is 20.9 Å². The van der Waals surface area contributed by atoms with Crippen LogP contribution >= 0.6 is 0 Å². The molecule has 7 heteroatoms. The maximum atomic E-state index is 13.4. The van der Waals surface area contributed by atoms with Crippen LogP contribution in [0.15, 0.2) is 66.9 Å². The summed E-state index contributed by atoms with van der Waals surface area (Å²) in [4.78, 5) is 0. The van der Waals surface area contributed by atoms with Crippen molar-refractivity contribution in [2.24, 2.45) is 17.8 Å². The first kappa shape index (κ1) is 20.8. The van der Waals surface area contributed by atoms with Crippen LogP contribution in [0, 0.1) is 30.5 Å². The molecule has 0 amide bonds. The highest BCUT2D eigenvalue weighted by molar-refractivity contribution is 7.88. The van der Waals surface area contributed by atoms with Gasteiger partial charge in [-0.2, -0.15) is 5.10 Å². The highest BCUT2D eigenvalue weighted by atomic mass is 32.2. The average Bonchev–Trinajstić information content (AvgIpc) is 3.07. The van der Waals surface area contributed by atoms with E-state index in [2.05, 4.69) is 48.5 Å². The van der Waals surface area contributed by atoms with Gasteiger partial charge in [0.15, 0.2) is 0 Å². The maximum absolute atomic E-state index is 13.4. The van der Waals surface area contributed by atoms with E-state index in [1.165, 1.54) is 24.0 Å². The number of aryl methyl sites for hydroxylation is 1. The monoisotopic (exact) mass is 463 g/mol. The Bertz CT molecular complexity index is 1420. The van der Waals surface area contributed by atoms with Crippen molar-refractivity contribution in [2.45, 2.75) is 18.8 Å².